The Morgan fingerprint density at radius 1 is 0.717 bits per heavy atom. The minimum atomic E-state index is -0.597. The van der Waals surface area contributed by atoms with E-state index in [1.807, 2.05) is 42.6 Å². The van der Waals surface area contributed by atoms with Gasteiger partial charge in [0, 0.05) is 44.3 Å². The summed E-state index contributed by atoms with van der Waals surface area (Å²) in [4.78, 5) is 8.46. The smallest absolute Gasteiger partial charge is 0.268 e. The van der Waals surface area contributed by atoms with E-state index in [4.69, 9.17) is 30.0 Å². The molecule has 7 heteroatoms. The molecule has 0 saturated heterocycles. The summed E-state index contributed by atoms with van der Waals surface area (Å²) in [6.07, 6.45) is 5.16. The van der Waals surface area contributed by atoms with E-state index in [9.17, 15) is 0 Å². The van der Waals surface area contributed by atoms with Gasteiger partial charge in [0.2, 0.25) is 0 Å². The number of fused-ring (bicyclic) bond motifs is 4. The fraction of sp³-hybridized carbons (Fsp3) is 0.0755. The van der Waals surface area contributed by atoms with Crippen LogP contribution in [0.5, 0.6) is 11.5 Å². The van der Waals surface area contributed by atoms with Gasteiger partial charge in [-0.1, -0.05) is 135 Å². The number of hydrogen-bond donors (Lipinski definition) is 0. The van der Waals surface area contributed by atoms with E-state index in [-0.39, 0.29) is 60.1 Å². The molecule has 0 atom stereocenters. The summed E-state index contributed by atoms with van der Waals surface area (Å²) in [5.74, 6) is 1.44. The van der Waals surface area contributed by atoms with Crippen LogP contribution in [-0.4, -0.2) is 14.1 Å². The van der Waals surface area contributed by atoms with Crippen LogP contribution in [0.15, 0.2) is 170 Å². The zero-order chi connectivity index (χ0) is 48.8. The van der Waals surface area contributed by atoms with E-state index in [1.54, 1.807) is 57.7 Å². The molecule has 0 aliphatic rings. The van der Waals surface area contributed by atoms with Crippen LogP contribution in [0.1, 0.15) is 40.0 Å². The van der Waals surface area contributed by atoms with Gasteiger partial charge in [0.1, 0.15) is 5.82 Å². The minimum Gasteiger partial charge on any atom is -0.510 e. The molecule has 7 aromatic carbocycles. The van der Waals surface area contributed by atoms with Crippen LogP contribution >= 0.6 is 0 Å². The molecule has 0 saturated carbocycles. The number of aromatic nitrogens is 4. The molecule has 3 heterocycles. The predicted molar refractivity (Wildman–Crippen MR) is 236 cm³/mol. The second kappa shape index (κ2) is 15.6. The van der Waals surface area contributed by atoms with Gasteiger partial charge in [-0.05, 0) is 68.6 Å². The van der Waals surface area contributed by atoms with Crippen molar-refractivity contribution in [3.8, 4) is 50.9 Å². The largest absolute Gasteiger partial charge is 0.510 e. The molecule has 6 nitrogen and oxygen atoms in total. The first kappa shape index (κ1) is 28.4. The maximum absolute atomic E-state index is 9.00. The van der Waals surface area contributed by atoms with E-state index in [0.717, 1.165) is 33.2 Å². The first-order valence-corrected chi connectivity index (χ1v) is 18.8. The molecule has 0 aliphatic carbocycles. The third-order valence-corrected chi connectivity index (χ3v) is 10.2. The number of imidazole rings is 1. The van der Waals surface area contributed by atoms with E-state index < -0.39 is 60.4 Å². The van der Waals surface area contributed by atoms with Crippen LogP contribution < -0.4 is 9.30 Å². The zero-order valence-corrected chi connectivity index (χ0v) is 34.6. The van der Waals surface area contributed by atoms with Gasteiger partial charge in [-0.3, -0.25) is 4.57 Å². The van der Waals surface area contributed by atoms with Crippen LogP contribution in [-0.2, 0) is 26.5 Å². The number of hydrogen-bond acceptors (Lipinski definition) is 2. The zero-order valence-electron chi connectivity index (χ0n) is 42.4. The maximum Gasteiger partial charge on any atom is 0.268 e. The van der Waals surface area contributed by atoms with Crippen LogP contribution in [0.4, 0.5) is 5.69 Å². The first-order valence-electron chi connectivity index (χ1n) is 23.8. The topological polar surface area (TPSA) is 40.2 Å². The van der Waals surface area contributed by atoms with Crippen molar-refractivity contribution in [1.29, 1.82) is 0 Å². The van der Waals surface area contributed by atoms with Gasteiger partial charge in [0.25, 0.3) is 6.33 Å². The van der Waals surface area contributed by atoms with Gasteiger partial charge in [-0.15, -0.1) is 29.7 Å². The first-order chi connectivity index (χ1) is 33.0. The minimum absolute atomic E-state index is 0. The number of rotatable bonds is 7. The Bertz CT molecular complexity index is 3710. The monoisotopic (exact) mass is 964 g/mol. The Labute approximate surface area is 377 Å². The predicted octanol–water partition coefficient (Wildman–Crippen LogP) is 12.8. The van der Waals surface area contributed by atoms with Crippen molar-refractivity contribution in [2.45, 2.75) is 26.2 Å². The molecule has 0 bridgehead atoms. The number of ether oxygens (including phenoxy) is 1. The van der Waals surface area contributed by atoms with Crippen molar-refractivity contribution in [2.24, 2.45) is 0 Å². The van der Waals surface area contributed by atoms with E-state index in [2.05, 4.69) is 60.8 Å². The molecule has 10 aromatic rings. The molecule has 0 unspecified atom stereocenters. The van der Waals surface area contributed by atoms with Crippen molar-refractivity contribution in [2.75, 3.05) is 0 Å². The molecule has 60 heavy (non-hydrogen) atoms. The van der Waals surface area contributed by atoms with Crippen molar-refractivity contribution in [1.82, 2.24) is 14.1 Å². The molecule has 0 radical (unpaired) electrons. The number of para-hydroxylation sites is 2. The normalized spacial score (nSPS) is 13.8. The molecule has 0 fully saturated rings. The van der Waals surface area contributed by atoms with Gasteiger partial charge in [0.05, 0.1) is 37.0 Å². The Hall–Kier alpha value is -7.06. The van der Waals surface area contributed by atoms with Gasteiger partial charge < -0.3 is 13.9 Å². The Kier molecular flexibility index (Phi) is 7.38. The van der Waals surface area contributed by atoms with E-state index in [0.29, 0.717) is 28.2 Å². The van der Waals surface area contributed by atoms with Crippen LogP contribution in [0.25, 0.3) is 77.1 Å². The summed E-state index contributed by atoms with van der Waals surface area (Å²) >= 11 is 0. The van der Waals surface area contributed by atoms with Crippen LogP contribution in [0.3, 0.4) is 0 Å². The van der Waals surface area contributed by atoms with Gasteiger partial charge in [-0.2, -0.15) is 18.2 Å². The molecular weight excluding hydrogens is 918 g/mol. The Morgan fingerprint density at radius 2 is 1.42 bits per heavy atom. The van der Waals surface area contributed by atoms with Crippen LogP contribution in [0.2, 0.25) is 0 Å². The molecule has 3 aromatic heterocycles. The molecule has 0 aliphatic heterocycles. The molecule has 10 rings (SSSR count). The maximum atomic E-state index is 9.00. The van der Waals surface area contributed by atoms with Crippen molar-refractivity contribution < 1.29 is 44.1 Å². The van der Waals surface area contributed by atoms with Gasteiger partial charge in [-0.25, -0.2) is 9.83 Å². The summed E-state index contributed by atoms with van der Waals surface area (Å²) in [5.41, 5.74) is 4.16. The van der Waals surface area contributed by atoms with Crippen LogP contribution in [0, 0.1) is 25.0 Å². The molecule has 0 amide bonds. The molecule has 0 spiro atoms. The second-order valence-electron chi connectivity index (χ2n) is 14.8. The summed E-state index contributed by atoms with van der Waals surface area (Å²) in [7, 11) is 0. The second-order valence-corrected chi connectivity index (χ2v) is 14.8. The van der Waals surface area contributed by atoms with Crippen molar-refractivity contribution in [3.05, 3.63) is 205 Å². The molecule has 292 valence electrons. The van der Waals surface area contributed by atoms with Gasteiger partial charge in [0.15, 0.2) is 5.69 Å². The van der Waals surface area contributed by atoms with Crippen molar-refractivity contribution >= 4 is 38.5 Å². The Balaban J connectivity index is 0.00000608. The Morgan fingerprint density at radius 3 is 2.13 bits per heavy atom. The fourth-order valence-electron chi connectivity index (χ4n) is 7.39. The number of pyridine rings is 1. The summed E-state index contributed by atoms with van der Waals surface area (Å²) in [6, 6.07) is 32.0. The average Bonchev–Trinajstić information content (AvgIpc) is 3.89. The number of benzene rings is 7. The number of nitrogens with zero attached hydrogens (tertiary/aromatic N) is 5. The summed E-state index contributed by atoms with van der Waals surface area (Å²) < 4.78 is 98.6. The standard InChI is InChI=1S/C53H37N5O.Pt/c1-53(2,3)38-29-30-55-51(31-38)58-47-24-12-11-21-45(47)46-27-26-42(34-49(46)58)59-41-20-13-19-40(33-41)56-35-57(48-28-25-39(54-4)32-50(48)56)52-43(36-15-7-5-8-16-36)22-14-23-44(52)37-17-9-6-10-18-37;/h5-32H,1-3H3;/q-2;/i5D,6D,7D,8D,9D,10D,15D,16D,17D,18D;. The third-order valence-electron chi connectivity index (χ3n) is 10.2. The SMILES string of the molecule is [2H]c1c([2H])c([2H])c(-c2cccc(-c3c([2H])c([2H])c([2H])c([2H])c3[2H])c2-[n+]2[c-]n(-c3[c-]c(Oc4[c-]c5c(cc4)c4ccccc4n5-c4cc(C(C)(C)C)ccn4)ccc3)c3cc([N+]#[C-])ccc32)c([2H])c1[2H].[Pt]. The quantitative estimate of drug-likeness (QED) is 0.118. The third kappa shape index (κ3) is 6.87. The molecule has 0 N–H and O–H groups in total. The van der Waals surface area contributed by atoms with Gasteiger partial charge >= 0.3 is 0 Å². The molecular formula is C53H37N5OPt-2. The van der Waals surface area contributed by atoms with E-state index >= 15 is 0 Å². The fourth-order valence-corrected chi connectivity index (χ4v) is 7.39. The average molecular weight is 965 g/mol. The summed E-state index contributed by atoms with van der Waals surface area (Å²) in [5, 5.41) is 1.98. The summed E-state index contributed by atoms with van der Waals surface area (Å²) in [6.45, 7) is 14.4. The van der Waals surface area contributed by atoms with E-state index in [1.165, 1.54) is 6.07 Å². The van der Waals surface area contributed by atoms with Crippen molar-refractivity contribution in [3.63, 3.8) is 0 Å².